The van der Waals surface area contributed by atoms with Crippen LogP contribution in [0.25, 0.3) is 0 Å². The van der Waals surface area contributed by atoms with E-state index < -0.39 is 10.1 Å². The van der Waals surface area contributed by atoms with Crippen LogP contribution in [0, 0.1) is 0 Å². The molecule has 5 nitrogen and oxygen atoms in total. The maximum atomic E-state index is 12.2. The monoisotopic (exact) mass is 349 g/mol. The summed E-state index contributed by atoms with van der Waals surface area (Å²) in [5, 5.41) is 3.47. The lowest BCUT2D eigenvalue weighted by atomic mass is 10.1. The Labute approximate surface area is 139 Å². The quantitative estimate of drug-likeness (QED) is 0.346. The van der Waals surface area contributed by atoms with Crippen LogP contribution in [-0.4, -0.2) is 26.2 Å². The van der Waals surface area contributed by atoms with Crippen LogP contribution in [0.3, 0.4) is 0 Å². The molecule has 2 aromatic rings. The van der Waals surface area contributed by atoms with Crippen LogP contribution in [0.15, 0.2) is 69.5 Å². The van der Waals surface area contributed by atoms with Gasteiger partial charge in [-0.25, -0.2) is 0 Å². The fourth-order valence-electron chi connectivity index (χ4n) is 1.73. The fraction of sp³-hybridized carbons (Fsp3) is 0.125. The van der Waals surface area contributed by atoms with Crippen molar-refractivity contribution in [2.24, 2.45) is 5.16 Å². The maximum absolute atomic E-state index is 12.2. The molecule has 0 aliphatic heterocycles. The Hall–Kier alpha value is -2.12. The van der Waals surface area contributed by atoms with Crippen molar-refractivity contribution in [2.45, 2.75) is 16.7 Å². The van der Waals surface area contributed by atoms with Crippen LogP contribution >= 0.6 is 11.8 Å². The predicted octanol–water partition coefficient (Wildman–Crippen LogP) is 3.37. The van der Waals surface area contributed by atoms with Crippen molar-refractivity contribution in [3.63, 3.8) is 0 Å². The molecule has 120 valence electrons. The molecule has 0 spiro atoms. The van der Waals surface area contributed by atoms with Gasteiger partial charge in [0, 0.05) is 10.5 Å². The third-order valence-electron chi connectivity index (χ3n) is 2.99. The largest absolute Gasteiger partial charge is 0.358 e. The van der Waals surface area contributed by atoms with E-state index >= 15 is 0 Å². The van der Waals surface area contributed by atoms with Gasteiger partial charge in [0.1, 0.15) is 10.6 Å². The van der Waals surface area contributed by atoms with Gasteiger partial charge >= 0.3 is 10.1 Å². The van der Waals surface area contributed by atoms with Crippen molar-refractivity contribution in [1.29, 1.82) is 0 Å². The summed E-state index contributed by atoms with van der Waals surface area (Å²) in [6.45, 7) is 1.41. The van der Waals surface area contributed by atoms with Crippen molar-refractivity contribution in [3.05, 3.63) is 60.2 Å². The first-order valence-corrected chi connectivity index (χ1v) is 9.29. The Morgan fingerprint density at radius 3 is 2.22 bits per heavy atom. The molecular weight excluding hydrogens is 334 g/mol. The summed E-state index contributed by atoms with van der Waals surface area (Å²) in [6.07, 6.45) is 1.94. The smallest absolute Gasteiger partial charge is 0.287 e. The third kappa shape index (κ3) is 4.43. The van der Waals surface area contributed by atoms with Crippen LogP contribution in [-0.2, 0) is 14.4 Å². The van der Waals surface area contributed by atoms with Gasteiger partial charge in [0.25, 0.3) is 0 Å². The zero-order valence-electron chi connectivity index (χ0n) is 12.6. The molecule has 7 heteroatoms. The average molecular weight is 349 g/mol. The first-order chi connectivity index (χ1) is 10.9. The number of thioether (sulfide) groups is 1. The second kappa shape index (κ2) is 7.43. The van der Waals surface area contributed by atoms with Crippen LogP contribution < -0.4 is 0 Å². The SMILES string of the molecule is CSc1ccc(C(=O)C(C)=NOS(=O)(=O)c2ccccc2)cc1. The van der Waals surface area contributed by atoms with Crippen molar-refractivity contribution in [1.82, 2.24) is 0 Å². The molecule has 23 heavy (non-hydrogen) atoms. The summed E-state index contributed by atoms with van der Waals surface area (Å²) in [6, 6.07) is 14.6. The molecule has 0 fully saturated rings. The highest BCUT2D eigenvalue weighted by Gasteiger charge is 2.17. The van der Waals surface area contributed by atoms with E-state index in [-0.39, 0.29) is 16.4 Å². The Kier molecular flexibility index (Phi) is 5.57. The zero-order valence-corrected chi connectivity index (χ0v) is 14.2. The van der Waals surface area contributed by atoms with Crippen LogP contribution in [0.2, 0.25) is 0 Å². The van der Waals surface area contributed by atoms with Crippen LogP contribution in [0.5, 0.6) is 0 Å². The molecule has 0 N–H and O–H groups in total. The lowest BCUT2D eigenvalue weighted by Gasteiger charge is -2.03. The van der Waals surface area contributed by atoms with Gasteiger partial charge in [-0.3, -0.25) is 9.08 Å². The van der Waals surface area contributed by atoms with Crippen molar-refractivity contribution in [2.75, 3.05) is 6.26 Å². The highest BCUT2D eigenvalue weighted by Crippen LogP contribution is 2.16. The molecular formula is C16H15NO4S2. The lowest BCUT2D eigenvalue weighted by molar-refractivity contribution is 0.106. The van der Waals surface area contributed by atoms with Gasteiger partial charge in [0.05, 0.1) is 0 Å². The first kappa shape index (κ1) is 17.2. The number of carbonyl (C=O) groups is 1. The minimum absolute atomic E-state index is 0.0201. The van der Waals surface area contributed by atoms with Crippen molar-refractivity contribution >= 4 is 33.4 Å². The number of hydrogen-bond donors (Lipinski definition) is 0. The molecule has 0 atom stereocenters. The van der Waals surface area contributed by atoms with Gasteiger partial charge in [0.2, 0.25) is 5.78 Å². The van der Waals surface area contributed by atoms with Gasteiger partial charge in [-0.1, -0.05) is 23.4 Å². The molecule has 0 saturated carbocycles. The molecule has 0 aromatic heterocycles. The number of oxime groups is 1. The summed E-state index contributed by atoms with van der Waals surface area (Å²) in [5.41, 5.74) is 0.381. The Morgan fingerprint density at radius 1 is 1.04 bits per heavy atom. The number of hydrogen-bond acceptors (Lipinski definition) is 6. The Morgan fingerprint density at radius 2 is 1.65 bits per heavy atom. The van der Waals surface area contributed by atoms with Gasteiger partial charge in [-0.05, 0) is 49.6 Å². The molecule has 2 rings (SSSR count). The highest BCUT2D eigenvalue weighted by atomic mass is 32.2. The topological polar surface area (TPSA) is 72.8 Å². The molecule has 0 unspecified atom stereocenters. The van der Waals surface area contributed by atoms with E-state index in [1.807, 2.05) is 18.4 Å². The van der Waals surface area contributed by atoms with Crippen LogP contribution in [0.4, 0.5) is 0 Å². The maximum Gasteiger partial charge on any atom is 0.358 e. The Balaban J connectivity index is 2.14. The van der Waals surface area contributed by atoms with Gasteiger partial charge in [0.15, 0.2) is 0 Å². The van der Waals surface area contributed by atoms with E-state index in [0.717, 1.165) is 4.90 Å². The van der Waals surface area contributed by atoms with Gasteiger partial charge < -0.3 is 0 Å². The minimum Gasteiger partial charge on any atom is -0.287 e. The summed E-state index contributed by atoms with van der Waals surface area (Å²) < 4.78 is 28.5. The van der Waals surface area contributed by atoms with E-state index in [0.29, 0.717) is 5.56 Å². The molecule has 0 radical (unpaired) electrons. The van der Waals surface area contributed by atoms with Gasteiger partial charge in [-0.15, -0.1) is 11.8 Å². The standard InChI is InChI=1S/C16H15NO4S2/c1-12(16(18)13-8-10-14(22-2)11-9-13)17-21-23(19,20)15-6-4-3-5-7-15/h3-11H,1-2H3. The van der Waals surface area contributed by atoms with Gasteiger partial charge in [-0.2, -0.15) is 8.42 Å². The zero-order chi connectivity index (χ0) is 16.9. The third-order valence-corrected chi connectivity index (χ3v) is 4.85. The average Bonchev–Trinajstić information content (AvgIpc) is 2.60. The minimum atomic E-state index is -4.02. The Bertz CT molecular complexity index is 813. The molecule has 0 saturated heterocycles. The van der Waals surface area contributed by atoms with E-state index in [1.165, 1.54) is 19.1 Å². The fourth-order valence-corrected chi connectivity index (χ4v) is 2.92. The van der Waals surface area contributed by atoms with Crippen LogP contribution in [0.1, 0.15) is 17.3 Å². The summed E-state index contributed by atoms with van der Waals surface area (Å²) in [4.78, 5) is 13.2. The molecule has 0 aliphatic rings. The van der Waals surface area contributed by atoms with Crippen molar-refractivity contribution in [3.8, 4) is 0 Å². The second-order valence-corrected chi connectivity index (χ2v) is 6.98. The van der Waals surface area contributed by atoms with E-state index in [1.54, 1.807) is 42.1 Å². The molecule has 0 heterocycles. The molecule has 2 aromatic carbocycles. The second-order valence-electron chi connectivity index (χ2n) is 4.58. The highest BCUT2D eigenvalue weighted by molar-refractivity contribution is 7.98. The summed E-state index contributed by atoms with van der Waals surface area (Å²) in [7, 11) is -4.02. The predicted molar refractivity (Wildman–Crippen MR) is 90.4 cm³/mol. The number of nitrogens with zero attached hydrogens (tertiary/aromatic N) is 1. The first-order valence-electron chi connectivity index (χ1n) is 6.66. The lowest BCUT2D eigenvalue weighted by Crippen LogP contribution is -2.12. The normalized spacial score (nSPS) is 12.0. The molecule has 0 aliphatic carbocycles. The molecule has 0 bridgehead atoms. The number of Topliss-reactive ketones (excluding diaryl/α,β-unsaturated/α-hetero) is 1. The number of ketones is 1. The number of carbonyl (C=O) groups excluding carboxylic acids is 1. The van der Waals surface area contributed by atoms with E-state index in [2.05, 4.69) is 9.44 Å². The van der Waals surface area contributed by atoms with E-state index in [4.69, 9.17) is 0 Å². The van der Waals surface area contributed by atoms with Crippen molar-refractivity contribution < 1.29 is 17.5 Å². The molecule has 0 amide bonds. The number of rotatable bonds is 6. The summed E-state index contributed by atoms with van der Waals surface area (Å²) in [5.74, 6) is -0.388. The number of benzene rings is 2. The van der Waals surface area contributed by atoms with E-state index in [9.17, 15) is 13.2 Å². The summed E-state index contributed by atoms with van der Waals surface area (Å²) >= 11 is 1.56.